The summed E-state index contributed by atoms with van der Waals surface area (Å²) in [6.45, 7) is 0. The molecule has 26 heavy (non-hydrogen) atoms. The molecule has 0 radical (unpaired) electrons. The van der Waals surface area contributed by atoms with Crippen LogP contribution in [0.3, 0.4) is 0 Å². The predicted octanol–water partition coefficient (Wildman–Crippen LogP) is 2.02. The largest absolute Gasteiger partial charge is 0.506 e. The molecule has 7 heteroatoms. The Kier molecular flexibility index (Phi) is 3.62. The first kappa shape index (κ1) is 15.8. The maximum absolute atomic E-state index is 12.5. The van der Waals surface area contributed by atoms with E-state index in [4.69, 9.17) is 0 Å². The van der Waals surface area contributed by atoms with Gasteiger partial charge in [0.05, 0.1) is 17.4 Å². The van der Waals surface area contributed by atoms with Gasteiger partial charge in [0.1, 0.15) is 11.3 Å². The summed E-state index contributed by atoms with van der Waals surface area (Å²) in [5.74, 6) is -0.525. The Morgan fingerprint density at radius 1 is 1.08 bits per heavy atom. The van der Waals surface area contributed by atoms with Crippen LogP contribution >= 0.6 is 0 Å². The molecule has 2 aromatic carbocycles. The fourth-order valence-electron chi connectivity index (χ4n) is 2.97. The number of carbonyl (C=O) groups excluding carboxylic acids is 1. The second kappa shape index (κ2) is 5.96. The van der Waals surface area contributed by atoms with Crippen LogP contribution in [-0.4, -0.2) is 27.5 Å². The van der Waals surface area contributed by atoms with Crippen molar-refractivity contribution in [3.8, 4) is 5.75 Å². The molecule has 3 aromatic rings. The van der Waals surface area contributed by atoms with Crippen molar-refractivity contribution in [3.05, 3.63) is 70.0 Å². The summed E-state index contributed by atoms with van der Waals surface area (Å²) in [5.41, 5.74) is 1.70. The number of nitrogens with zero attached hydrogens (tertiary/aromatic N) is 3. The van der Waals surface area contributed by atoms with Gasteiger partial charge in [-0.25, -0.2) is 0 Å². The van der Waals surface area contributed by atoms with Gasteiger partial charge in [0.2, 0.25) is 0 Å². The Morgan fingerprint density at radius 3 is 2.65 bits per heavy atom. The van der Waals surface area contributed by atoms with Crippen LogP contribution in [0.25, 0.3) is 10.9 Å². The average Bonchev–Trinajstić information content (AvgIpc) is 2.98. The summed E-state index contributed by atoms with van der Waals surface area (Å²) < 4.78 is 1.43. The highest BCUT2D eigenvalue weighted by Gasteiger charge is 2.25. The number of nitrogens with one attached hydrogen (secondary N) is 1. The number of aromatic nitrogens is 1. The van der Waals surface area contributed by atoms with Gasteiger partial charge < -0.3 is 15.0 Å². The third kappa shape index (κ3) is 2.37. The fraction of sp³-hybridized carbons (Fsp3) is 0.0526. The van der Waals surface area contributed by atoms with Crippen LogP contribution in [0.15, 0.2) is 63.5 Å². The fourth-order valence-corrected chi connectivity index (χ4v) is 2.97. The minimum absolute atomic E-state index is 0.0160. The van der Waals surface area contributed by atoms with Crippen molar-refractivity contribution in [1.29, 1.82) is 0 Å². The smallest absolute Gasteiger partial charge is 0.276 e. The van der Waals surface area contributed by atoms with Gasteiger partial charge in [-0.2, -0.15) is 5.10 Å². The minimum atomic E-state index is -0.401. The molecule has 0 unspecified atom stereocenters. The molecular formula is C19H14N4O3. The first-order valence-electron chi connectivity index (χ1n) is 7.90. The molecule has 0 aliphatic carbocycles. The number of hydrogen-bond acceptors (Lipinski definition) is 5. The topological polar surface area (TPSA) is 96.0 Å². The summed E-state index contributed by atoms with van der Waals surface area (Å²) in [7, 11) is 1.62. The highest BCUT2D eigenvalue weighted by atomic mass is 16.3. The molecule has 1 aliphatic heterocycles. The molecule has 0 saturated heterocycles. The predicted molar refractivity (Wildman–Crippen MR) is 100 cm³/mol. The standard InChI is InChI=1S/C19H14N4O3/c1-23-15-9-5-3-7-12(15)17(24)13(19(23)26)10-20-22-16-11-6-2-4-8-14(11)21-18(16)25/h2-10,24H,1H3,(H,21,22,25). The van der Waals surface area contributed by atoms with Crippen LogP contribution in [-0.2, 0) is 11.8 Å². The van der Waals surface area contributed by atoms with Crippen LogP contribution in [0.4, 0.5) is 5.69 Å². The van der Waals surface area contributed by atoms with E-state index in [9.17, 15) is 14.7 Å². The second-order valence-corrected chi connectivity index (χ2v) is 5.84. The van der Waals surface area contributed by atoms with Crippen molar-refractivity contribution in [3.63, 3.8) is 0 Å². The van der Waals surface area contributed by atoms with Gasteiger partial charge in [0.15, 0.2) is 5.71 Å². The zero-order valence-corrected chi connectivity index (χ0v) is 13.8. The average molecular weight is 346 g/mol. The number of hydrogen-bond donors (Lipinski definition) is 2. The lowest BCUT2D eigenvalue weighted by Crippen LogP contribution is -2.21. The highest BCUT2D eigenvalue weighted by molar-refractivity contribution is 6.53. The van der Waals surface area contributed by atoms with E-state index in [0.29, 0.717) is 22.2 Å². The lowest BCUT2D eigenvalue weighted by molar-refractivity contribution is -0.110. The number of carbonyl (C=O) groups is 1. The molecule has 4 rings (SSSR count). The molecule has 1 amide bonds. The van der Waals surface area contributed by atoms with E-state index in [1.807, 2.05) is 6.07 Å². The summed E-state index contributed by atoms with van der Waals surface area (Å²) in [4.78, 5) is 24.5. The Balaban J connectivity index is 1.79. The Labute approximate surface area is 147 Å². The Morgan fingerprint density at radius 2 is 1.81 bits per heavy atom. The van der Waals surface area contributed by atoms with Crippen LogP contribution < -0.4 is 10.9 Å². The summed E-state index contributed by atoms with van der Waals surface area (Å²) >= 11 is 0. The molecule has 0 bridgehead atoms. The molecule has 7 nitrogen and oxygen atoms in total. The zero-order valence-electron chi connectivity index (χ0n) is 13.8. The monoisotopic (exact) mass is 346 g/mol. The molecule has 2 heterocycles. The van der Waals surface area contributed by atoms with Crippen molar-refractivity contribution < 1.29 is 9.90 Å². The van der Waals surface area contributed by atoms with Crippen LogP contribution in [0, 0.1) is 0 Å². The minimum Gasteiger partial charge on any atom is -0.506 e. The molecule has 0 fully saturated rings. The van der Waals surface area contributed by atoms with E-state index in [0.717, 1.165) is 0 Å². The van der Waals surface area contributed by atoms with Crippen LogP contribution in [0.1, 0.15) is 11.1 Å². The van der Waals surface area contributed by atoms with Gasteiger partial charge in [0, 0.05) is 18.0 Å². The number of aromatic hydroxyl groups is 1. The van der Waals surface area contributed by atoms with Gasteiger partial charge in [-0.1, -0.05) is 30.3 Å². The van der Waals surface area contributed by atoms with Crippen molar-refractivity contribution in [2.75, 3.05) is 5.32 Å². The van der Waals surface area contributed by atoms with Gasteiger partial charge >= 0.3 is 0 Å². The summed E-state index contributed by atoms with van der Waals surface area (Å²) in [6, 6.07) is 14.2. The zero-order chi connectivity index (χ0) is 18.3. The first-order valence-corrected chi connectivity index (χ1v) is 7.90. The number of aryl methyl sites for hydroxylation is 1. The van der Waals surface area contributed by atoms with E-state index < -0.39 is 5.56 Å². The van der Waals surface area contributed by atoms with Crippen molar-refractivity contribution in [1.82, 2.24) is 4.57 Å². The molecule has 1 aliphatic rings. The highest BCUT2D eigenvalue weighted by Crippen LogP contribution is 2.25. The Bertz CT molecular complexity index is 1180. The lowest BCUT2D eigenvalue weighted by atomic mass is 10.1. The molecule has 2 N–H and O–H groups in total. The SMILES string of the molecule is Cn1c(=O)c(C=N/N=C2\C(=O)Nc3ccccc32)c(O)c2ccccc21. The second-order valence-electron chi connectivity index (χ2n) is 5.84. The molecule has 1 aromatic heterocycles. The maximum atomic E-state index is 12.5. The number of pyridine rings is 1. The summed E-state index contributed by atoms with van der Waals surface area (Å²) in [6.07, 6.45) is 1.17. The third-order valence-electron chi connectivity index (χ3n) is 4.30. The van der Waals surface area contributed by atoms with Gasteiger partial charge in [-0.15, -0.1) is 5.10 Å². The van der Waals surface area contributed by atoms with Crippen molar-refractivity contribution in [2.45, 2.75) is 0 Å². The van der Waals surface area contributed by atoms with E-state index >= 15 is 0 Å². The van der Waals surface area contributed by atoms with E-state index in [1.165, 1.54) is 10.8 Å². The maximum Gasteiger partial charge on any atom is 0.276 e. The first-order chi connectivity index (χ1) is 12.6. The third-order valence-corrected chi connectivity index (χ3v) is 4.30. The molecule has 0 atom stereocenters. The van der Waals surface area contributed by atoms with Gasteiger partial charge in [0.25, 0.3) is 11.5 Å². The molecule has 128 valence electrons. The Hall–Kier alpha value is -3.74. The van der Waals surface area contributed by atoms with Crippen molar-refractivity contribution in [2.24, 2.45) is 17.3 Å². The van der Waals surface area contributed by atoms with Crippen molar-refractivity contribution >= 4 is 34.4 Å². The van der Waals surface area contributed by atoms with Crippen LogP contribution in [0.2, 0.25) is 0 Å². The van der Waals surface area contributed by atoms with Gasteiger partial charge in [-0.3, -0.25) is 9.59 Å². The number of fused-ring (bicyclic) bond motifs is 2. The summed E-state index contributed by atoms with van der Waals surface area (Å²) in [5, 5.41) is 21.5. The quantitative estimate of drug-likeness (QED) is 0.549. The number of benzene rings is 2. The van der Waals surface area contributed by atoms with E-state index in [2.05, 4.69) is 15.5 Å². The molecule has 0 spiro atoms. The molecular weight excluding hydrogens is 332 g/mol. The molecule has 0 saturated carbocycles. The number of para-hydroxylation sites is 2. The number of rotatable bonds is 2. The van der Waals surface area contributed by atoms with E-state index in [1.54, 1.807) is 49.5 Å². The van der Waals surface area contributed by atoms with Gasteiger partial charge in [-0.05, 0) is 18.2 Å². The normalized spacial score (nSPS) is 15.0. The van der Waals surface area contributed by atoms with E-state index in [-0.39, 0.29) is 22.9 Å². The van der Waals surface area contributed by atoms with Crippen LogP contribution in [0.5, 0.6) is 5.75 Å². The lowest BCUT2D eigenvalue weighted by Gasteiger charge is -2.08. The number of amides is 1. The number of anilines is 1.